The van der Waals surface area contributed by atoms with E-state index in [0.717, 1.165) is 6.42 Å². The summed E-state index contributed by atoms with van der Waals surface area (Å²) < 4.78 is 0. The Hall–Kier alpha value is -2.18. The number of nitrogens with zero attached hydrogens (tertiary/aromatic N) is 5. The molecule has 1 aliphatic heterocycles. The van der Waals surface area contributed by atoms with Crippen molar-refractivity contribution in [1.82, 2.24) is 19.8 Å². The number of carbonyl (C=O) groups excluding carboxylic acids is 2. The predicted molar refractivity (Wildman–Crippen MR) is 92.5 cm³/mol. The third kappa shape index (κ3) is 5.18. The van der Waals surface area contributed by atoms with E-state index in [2.05, 4.69) is 28.7 Å². The van der Waals surface area contributed by atoms with Gasteiger partial charge in [0, 0.05) is 52.0 Å². The minimum absolute atomic E-state index is 0.0163. The molecule has 0 bridgehead atoms. The average Bonchev–Trinajstić information content (AvgIpc) is 2.59. The van der Waals surface area contributed by atoms with Crippen LogP contribution in [0.3, 0.4) is 0 Å². The van der Waals surface area contributed by atoms with Gasteiger partial charge in [-0.1, -0.05) is 13.8 Å². The second kappa shape index (κ2) is 8.61. The van der Waals surface area contributed by atoms with Crippen molar-refractivity contribution >= 4 is 17.8 Å². The zero-order chi connectivity index (χ0) is 17.5. The lowest BCUT2D eigenvalue weighted by molar-refractivity contribution is -0.139. The van der Waals surface area contributed by atoms with Gasteiger partial charge in [0.05, 0.1) is 6.54 Å². The lowest BCUT2D eigenvalue weighted by Crippen LogP contribution is -2.52. The van der Waals surface area contributed by atoms with Crippen LogP contribution in [-0.4, -0.2) is 70.9 Å². The van der Waals surface area contributed by atoms with E-state index in [0.29, 0.717) is 44.6 Å². The molecule has 0 radical (unpaired) electrons. The Labute approximate surface area is 143 Å². The normalized spacial score (nSPS) is 14.8. The summed E-state index contributed by atoms with van der Waals surface area (Å²) in [6.07, 6.45) is 4.35. The molecular formula is C17H27N5O2. The van der Waals surface area contributed by atoms with Crippen molar-refractivity contribution < 1.29 is 9.59 Å². The molecule has 1 aromatic heterocycles. The third-order valence-corrected chi connectivity index (χ3v) is 4.22. The van der Waals surface area contributed by atoms with E-state index in [-0.39, 0.29) is 18.4 Å². The van der Waals surface area contributed by atoms with Crippen LogP contribution in [0.2, 0.25) is 0 Å². The maximum atomic E-state index is 12.5. The van der Waals surface area contributed by atoms with Gasteiger partial charge < -0.3 is 14.7 Å². The van der Waals surface area contributed by atoms with Gasteiger partial charge in [-0.3, -0.25) is 9.59 Å². The fourth-order valence-corrected chi connectivity index (χ4v) is 2.64. The molecule has 1 fully saturated rings. The van der Waals surface area contributed by atoms with E-state index in [9.17, 15) is 9.59 Å². The molecule has 132 valence electrons. The monoisotopic (exact) mass is 333 g/mol. The second-order valence-corrected chi connectivity index (χ2v) is 6.54. The highest BCUT2D eigenvalue weighted by molar-refractivity contribution is 5.84. The number of carbonyl (C=O) groups is 2. The van der Waals surface area contributed by atoms with Gasteiger partial charge in [0.1, 0.15) is 0 Å². The molecule has 2 heterocycles. The molecule has 0 unspecified atom stereocenters. The highest BCUT2D eigenvalue weighted by atomic mass is 16.2. The van der Waals surface area contributed by atoms with Crippen molar-refractivity contribution in [1.29, 1.82) is 0 Å². The number of amides is 2. The van der Waals surface area contributed by atoms with Crippen LogP contribution in [0, 0.1) is 5.92 Å². The molecular weight excluding hydrogens is 306 g/mol. The SMILES string of the molecule is CC(=O)N(CCC(C)C)CC(=O)N1CCN(c2ncccn2)CC1. The van der Waals surface area contributed by atoms with Crippen molar-refractivity contribution in [3.8, 4) is 0 Å². The van der Waals surface area contributed by atoms with Gasteiger partial charge >= 0.3 is 0 Å². The van der Waals surface area contributed by atoms with Gasteiger partial charge in [-0.05, 0) is 18.4 Å². The van der Waals surface area contributed by atoms with E-state index in [1.54, 1.807) is 23.4 Å². The first kappa shape index (κ1) is 18.2. The number of rotatable bonds is 6. The number of hydrogen-bond donors (Lipinski definition) is 0. The van der Waals surface area contributed by atoms with Crippen molar-refractivity contribution in [2.45, 2.75) is 27.2 Å². The summed E-state index contributed by atoms with van der Waals surface area (Å²) in [4.78, 5) is 38.3. The molecule has 24 heavy (non-hydrogen) atoms. The highest BCUT2D eigenvalue weighted by Crippen LogP contribution is 2.10. The molecule has 0 aliphatic carbocycles. The Kier molecular flexibility index (Phi) is 6.52. The van der Waals surface area contributed by atoms with Crippen LogP contribution >= 0.6 is 0 Å². The maximum absolute atomic E-state index is 12.5. The minimum atomic E-state index is -0.0414. The Morgan fingerprint density at radius 3 is 2.33 bits per heavy atom. The summed E-state index contributed by atoms with van der Waals surface area (Å²) >= 11 is 0. The van der Waals surface area contributed by atoms with Gasteiger partial charge in [-0.2, -0.15) is 0 Å². The highest BCUT2D eigenvalue weighted by Gasteiger charge is 2.24. The second-order valence-electron chi connectivity index (χ2n) is 6.54. The van der Waals surface area contributed by atoms with E-state index >= 15 is 0 Å². The van der Waals surface area contributed by atoms with E-state index in [1.807, 2.05) is 4.90 Å². The summed E-state index contributed by atoms with van der Waals surface area (Å²) in [6.45, 7) is 9.25. The van der Waals surface area contributed by atoms with E-state index in [1.165, 1.54) is 6.92 Å². The average molecular weight is 333 g/mol. The summed E-state index contributed by atoms with van der Waals surface area (Å²) in [5.74, 6) is 1.19. The number of anilines is 1. The first-order valence-electron chi connectivity index (χ1n) is 8.52. The Balaban J connectivity index is 1.84. The van der Waals surface area contributed by atoms with Crippen molar-refractivity contribution in [3.63, 3.8) is 0 Å². The molecule has 2 rings (SSSR count). The number of aromatic nitrogens is 2. The molecule has 0 aromatic carbocycles. The van der Waals surface area contributed by atoms with Gasteiger partial charge in [0.2, 0.25) is 17.8 Å². The Morgan fingerprint density at radius 1 is 1.17 bits per heavy atom. The number of piperazine rings is 1. The quantitative estimate of drug-likeness (QED) is 0.777. The van der Waals surface area contributed by atoms with Crippen molar-refractivity contribution in [3.05, 3.63) is 18.5 Å². The molecule has 0 saturated carbocycles. The van der Waals surface area contributed by atoms with Gasteiger partial charge in [0.25, 0.3) is 0 Å². The van der Waals surface area contributed by atoms with Gasteiger partial charge in [-0.25, -0.2) is 9.97 Å². The number of hydrogen-bond acceptors (Lipinski definition) is 5. The molecule has 7 heteroatoms. The lowest BCUT2D eigenvalue weighted by Gasteiger charge is -2.35. The fourth-order valence-electron chi connectivity index (χ4n) is 2.64. The van der Waals surface area contributed by atoms with Gasteiger partial charge in [0.15, 0.2) is 0 Å². The molecule has 0 spiro atoms. The zero-order valence-corrected chi connectivity index (χ0v) is 14.8. The Morgan fingerprint density at radius 2 is 1.79 bits per heavy atom. The smallest absolute Gasteiger partial charge is 0.242 e. The molecule has 0 N–H and O–H groups in total. The summed E-state index contributed by atoms with van der Waals surface area (Å²) in [5.41, 5.74) is 0. The summed E-state index contributed by atoms with van der Waals surface area (Å²) in [6, 6.07) is 1.79. The van der Waals surface area contributed by atoms with Crippen LogP contribution in [0.25, 0.3) is 0 Å². The van der Waals surface area contributed by atoms with E-state index in [4.69, 9.17) is 0 Å². The van der Waals surface area contributed by atoms with E-state index < -0.39 is 0 Å². The van der Waals surface area contributed by atoms with Gasteiger partial charge in [-0.15, -0.1) is 0 Å². The fraction of sp³-hybridized carbons (Fsp3) is 0.647. The zero-order valence-electron chi connectivity index (χ0n) is 14.8. The summed E-state index contributed by atoms with van der Waals surface area (Å²) in [5, 5.41) is 0. The van der Waals surface area contributed by atoms with Crippen LogP contribution in [0.4, 0.5) is 5.95 Å². The van der Waals surface area contributed by atoms with Crippen LogP contribution in [0.15, 0.2) is 18.5 Å². The molecule has 1 aliphatic rings. The Bertz CT molecular complexity index is 541. The van der Waals surface area contributed by atoms with Crippen LogP contribution in [-0.2, 0) is 9.59 Å². The first-order valence-corrected chi connectivity index (χ1v) is 8.52. The molecule has 1 saturated heterocycles. The molecule has 7 nitrogen and oxygen atoms in total. The third-order valence-electron chi connectivity index (χ3n) is 4.22. The van der Waals surface area contributed by atoms with Crippen LogP contribution < -0.4 is 4.90 Å². The first-order chi connectivity index (χ1) is 11.5. The topological polar surface area (TPSA) is 69.6 Å². The van der Waals surface area contributed by atoms with Crippen molar-refractivity contribution in [2.24, 2.45) is 5.92 Å². The largest absolute Gasteiger partial charge is 0.338 e. The molecule has 2 amide bonds. The molecule has 1 aromatic rings. The maximum Gasteiger partial charge on any atom is 0.242 e. The lowest BCUT2D eigenvalue weighted by atomic mass is 10.1. The standard InChI is InChI=1S/C17H27N5O2/c1-14(2)5-8-22(15(3)23)13-16(24)20-9-11-21(12-10-20)17-18-6-4-7-19-17/h4,6-7,14H,5,8-13H2,1-3H3. The van der Waals surface area contributed by atoms with Crippen LogP contribution in [0.1, 0.15) is 27.2 Å². The molecule has 0 atom stereocenters. The predicted octanol–water partition coefficient (Wildman–Crippen LogP) is 1.02. The van der Waals surface area contributed by atoms with Crippen molar-refractivity contribution in [2.75, 3.05) is 44.2 Å². The minimum Gasteiger partial charge on any atom is -0.338 e. The van der Waals surface area contributed by atoms with Crippen LogP contribution in [0.5, 0.6) is 0 Å². The summed E-state index contributed by atoms with van der Waals surface area (Å²) in [7, 11) is 0.